The van der Waals surface area contributed by atoms with Crippen molar-refractivity contribution in [3.05, 3.63) is 30.3 Å². The van der Waals surface area contributed by atoms with Gasteiger partial charge in [0.25, 0.3) is 0 Å². The van der Waals surface area contributed by atoms with E-state index in [0.29, 0.717) is 5.69 Å². The van der Waals surface area contributed by atoms with Crippen LogP contribution < -0.4 is 10.0 Å². The predicted octanol–water partition coefficient (Wildman–Crippen LogP) is 1.57. The quantitative estimate of drug-likeness (QED) is 0.534. The number of amidine groups is 1. The van der Waals surface area contributed by atoms with E-state index in [1.165, 1.54) is 4.31 Å². The Balaban J connectivity index is 2.86. The van der Waals surface area contributed by atoms with E-state index in [-0.39, 0.29) is 37.3 Å². The van der Waals surface area contributed by atoms with Crippen LogP contribution in [0.4, 0.5) is 5.69 Å². The molecule has 0 aliphatic carbocycles. The Morgan fingerprint density at radius 3 is 2.48 bits per heavy atom. The van der Waals surface area contributed by atoms with Gasteiger partial charge in [-0.25, -0.2) is 8.42 Å². The van der Waals surface area contributed by atoms with Crippen LogP contribution in [0, 0.1) is 5.41 Å². The van der Waals surface area contributed by atoms with E-state index < -0.39 is 10.0 Å². The monoisotopic (exact) mass is 313 g/mol. The Kier molecular flexibility index (Phi) is 6.64. The van der Waals surface area contributed by atoms with Crippen molar-refractivity contribution in [3.8, 4) is 0 Å². The van der Waals surface area contributed by atoms with E-state index in [0.717, 1.165) is 0 Å². The Bertz CT molecular complexity index is 544. The van der Waals surface area contributed by atoms with Crippen molar-refractivity contribution in [2.75, 3.05) is 23.2 Å². The summed E-state index contributed by atoms with van der Waals surface area (Å²) in [7, 11) is -3.51. The van der Waals surface area contributed by atoms with Gasteiger partial charge in [-0.1, -0.05) is 18.2 Å². The number of benzene rings is 1. The van der Waals surface area contributed by atoms with Gasteiger partial charge < -0.3 is 10.5 Å². The summed E-state index contributed by atoms with van der Waals surface area (Å²) in [5.74, 6) is -0.137. The van der Waals surface area contributed by atoms with E-state index >= 15 is 0 Å². The van der Waals surface area contributed by atoms with Crippen molar-refractivity contribution in [2.45, 2.75) is 26.4 Å². The van der Waals surface area contributed by atoms with Crippen molar-refractivity contribution in [1.29, 1.82) is 5.41 Å². The molecule has 118 valence electrons. The van der Waals surface area contributed by atoms with Crippen LogP contribution >= 0.6 is 0 Å². The van der Waals surface area contributed by atoms with Crippen molar-refractivity contribution in [3.63, 3.8) is 0 Å². The van der Waals surface area contributed by atoms with Gasteiger partial charge in [0.15, 0.2) is 0 Å². The Labute approximate surface area is 126 Å². The zero-order valence-corrected chi connectivity index (χ0v) is 13.3. The normalized spacial score (nSPS) is 11.6. The summed E-state index contributed by atoms with van der Waals surface area (Å²) in [4.78, 5) is 0. The summed E-state index contributed by atoms with van der Waals surface area (Å²) >= 11 is 0. The van der Waals surface area contributed by atoms with Crippen molar-refractivity contribution in [1.82, 2.24) is 0 Å². The van der Waals surface area contributed by atoms with Crippen LogP contribution in [-0.4, -0.2) is 39.3 Å². The molecule has 1 rings (SSSR count). The maximum Gasteiger partial charge on any atom is 0.237 e. The Hall–Kier alpha value is -1.60. The molecule has 0 saturated heterocycles. The second kappa shape index (κ2) is 7.99. The molecule has 3 N–H and O–H groups in total. The molecule has 0 radical (unpaired) electrons. The number of nitrogens with one attached hydrogen (secondary N) is 1. The minimum absolute atomic E-state index is 0.0115. The number of nitrogens with zero attached hydrogens (tertiary/aromatic N) is 1. The number of sulfonamides is 1. The van der Waals surface area contributed by atoms with Gasteiger partial charge in [-0.05, 0) is 26.0 Å². The van der Waals surface area contributed by atoms with E-state index in [1.807, 2.05) is 19.9 Å². The Morgan fingerprint density at radius 1 is 1.33 bits per heavy atom. The summed E-state index contributed by atoms with van der Waals surface area (Å²) in [5.41, 5.74) is 5.91. The maximum absolute atomic E-state index is 12.5. The minimum Gasteiger partial charge on any atom is -0.388 e. The molecule has 0 aromatic heterocycles. The van der Waals surface area contributed by atoms with E-state index in [2.05, 4.69) is 0 Å². The third-order valence-electron chi connectivity index (χ3n) is 2.76. The van der Waals surface area contributed by atoms with Gasteiger partial charge in [0, 0.05) is 13.0 Å². The van der Waals surface area contributed by atoms with Crippen LogP contribution in [0.25, 0.3) is 0 Å². The molecule has 1 aromatic carbocycles. The molecule has 7 heteroatoms. The molecule has 0 spiro atoms. The zero-order valence-electron chi connectivity index (χ0n) is 12.5. The zero-order chi connectivity index (χ0) is 15.9. The number of rotatable bonds is 9. The highest BCUT2D eigenvalue weighted by Gasteiger charge is 2.22. The fourth-order valence-electron chi connectivity index (χ4n) is 1.74. The van der Waals surface area contributed by atoms with Crippen LogP contribution in [-0.2, 0) is 14.8 Å². The largest absolute Gasteiger partial charge is 0.388 e. The van der Waals surface area contributed by atoms with E-state index in [1.54, 1.807) is 24.3 Å². The van der Waals surface area contributed by atoms with Crippen molar-refractivity contribution < 1.29 is 13.2 Å². The summed E-state index contributed by atoms with van der Waals surface area (Å²) in [5, 5.41) is 7.28. The van der Waals surface area contributed by atoms with Crippen LogP contribution in [0.3, 0.4) is 0 Å². The number of nitrogens with two attached hydrogens (primary N) is 1. The molecule has 0 amide bonds. The first-order valence-electron chi connectivity index (χ1n) is 6.83. The molecular formula is C14H23N3O3S. The molecule has 1 aromatic rings. The van der Waals surface area contributed by atoms with Gasteiger partial charge in [-0.15, -0.1) is 0 Å². The first kappa shape index (κ1) is 17.5. The molecule has 0 aliphatic heterocycles. The highest BCUT2D eigenvalue weighted by molar-refractivity contribution is 7.92. The van der Waals surface area contributed by atoms with Gasteiger partial charge in [0.2, 0.25) is 10.0 Å². The molecule has 0 atom stereocenters. The second-order valence-corrected chi connectivity index (χ2v) is 6.93. The van der Waals surface area contributed by atoms with Crippen molar-refractivity contribution >= 4 is 21.5 Å². The molecular weight excluding hydrogens is 290 g/mol. The summed E-state index contributed by atoms with van der Waals surface area (Å²) in [6.45, 7) is 4.02. The number of ether oxygens (including phenoxy) is 1. The van der Waals surface area contributed by atoms with Crippen LogP contribution in [0.15, 0.2) is 30.3 Å². The maximum atomic E-state index is 12.5. The van der Waals surface area contributed by atoms with E-state index in [4.69, 9.17) is 15.9 Å². The number of hydrogen-bond donors (Lipinski definition) is 2. The summed E-state index contributed by atoms with van der Waals surface area (Å²) in [6, 6.07) is 8.82. The van der Waals surface area contributed by atoms with E-state index in [9.17, 15) is 8.42 Å². The highest BCUT2D eigenvalue weighted by atomic mass is 32.2. The molecule has 0 bridgehead atoms. The highest BCUT2D eigenvalue weighted by Crippen LogP contribution is 2.18. The topological polar surface area (TPSA) is 96.5 Å². The molecule has 0 saturated carbocycles. The third kappa shape index (κ3) is 6.14. The van der Waals surface area contributed by atoms with Crippen LogP contribution in [0.2, 0.25) is 0 Å². The fraction of sp³-hybridized carbons (Fsp3) is 0.500. The lowest BCUT2D eigenvalue weighted by atomic mass is 10.3. The number of anilines is 1. The third-order valence-corrected chi connectivity index (χ3v) is 4.50. The van der Waals surface area contributed by atoms with Gasteiger partial charge in [0.1, 0.15) is 0 Å². The smallest absolute Gasteiger partial charge is 0.237 e. The number of hydrogen-bond acceptors (Lipinski definition) is 4. The molecule has 0 aliphatic rings. The second-order valence-electron chi connectivity index (χ2n) is 4.92. The molecule has 0 unspecified atom stereocenters. The lowest BCUT2D eigenvalue weighted by molar-refractivity contribution is 0.0912. The van der Waals surface area contributed by atoms with Gasteiger partial charge in [0.05, 0.1) is 30.0 Å². The molecule has 0 fully saturated rings. The SMILES string of the molecule is CC(C)OCCS(=O)(=O)N(CCC(=N)N)c1ccccc1. The van der Waals surface area contributed by atoms with Crippen molar-refractivity contribution in [2.24, 2.45) is 5.73 Å². The first-order valence-corrected chi connectivity index (χ1v) is 8.44. The molecule has 21 heavy (non-hydrogen) atoms. The van der Waals surface area contributed by atoms with Crippen LogP contribution in [0.1, 0.15) is 20.3 Å². The lowest BCUT2D eigenvalue weighted by Gasteiger charge is -2.24. The molecule has 6 nitrogen and oxygen atoms in total. The summed E-state index contributed by atoms with van der Waals surface area (Å²) < 4.78 is 31.5. The first-order chi connectivity index (χ1) is 9.83. The minimum atomic E-state index is -3.51. The standard InChI is InChI=1S/C14H23N3O3S/c1-12(2)20-10-11-21(18,19)17(9-8-14(15)16)13-6-4-3-5-7-13/h3-7,12H,8-11H2,1-2H3,(H3,15,16). The van der Waals surface area contributed by atoms with Gasteiger partial charge >= 0.3 is 0 Å². The fourth-order valence-corrected chi connectivity index (χ4v) is 3.08. The summed E-state index contributed by atoms with van der Waals surface area (Å²) in [6.07, 6.45) is 0.182. The Morgan fingerprint density at radius 2 is 1.95 bits per heavy atom. The number of para-hydroxylation sites is 1. The van der Waals surface area contributed by atoms with Crippen LogP contribution in [0.5, 0.6) is 0 Å². The average molecular weight is 313 g/mol. The van der Waals surface area contributed by atoms with Gasteiger partial charge in [-0.3, -0.25) is 9.71 Å². The molecule has 0 heterocycles. The predicted molar refractivity (Wildman–Crippen MR) is 85.2 cm³/mol. The lowest BCUT2D eigenvalue weighted by Crippen LogP contribution is -2.37. The average Bonchev–Trinajstić information content (AvgIpc) is 2.38. The van der Waals surface area contributed by atoms with Gasteiger partial charge in [-0.2, -0.15) is 0 Å².